The molecular formula is C9H11FN2O. The van der Waals surface area contributed by atoms with Gasteiger partial charge in [-0.05, 0) is 18.2 Å². The fourth-order valence-corrected chi connectivity index (χ4v) is 1.39. The van der Waals surface area contributed by atoms with Crippen LogP contribution < -0.4 is 10.6 Å². The van der Waals surface area contributed by atoms with E-state index in [0.29, 0.717) is 13.1 Å². The quantitative estimate of drug-likeness (QED) is 0.625. The summed E-state index contributed by atoms with van der Waals surface area (Å²) < 4.78 is 12.8. The van der Waals surface area contributed by atoms with Gasteiger partial charge in [-0.2, -0.15) is 0 Å². The molecule has 0 aliphatic carbocycles. The molecule has 3 N–H and O–H groups in total. The molecule has 1 saturated heterocycles. The van der Waals surface area contributed by atoms with Crippen molar-refractivity contribution in [1.82, 2.24) is 0 Å². The summed E-state index contributed by atoms with van der Waals surface area (Å²) in [6, 6.07) is 4.59. The number of aliphatic hydroxyl groups is 1. The standard InChI is InChI=1S/C9H11FN2O/c10-8-2-1-6(3-9(8)11)12-4-7(13)5-12/h1-3,7,13H,4-5,11H2. The van der Waals surface area contributed by atoms with Gasteiger partial charge < -0.3 is 15.7 Å². The van der Waals surface area contributed by atoms with Crippen LogP contribution in [0.4, 0.5) is 15.8 Å². The molecule has 1 fully saturated rings. The second-order valence-electron chi connectivity index (χ2n) is 3.26. The van der Waals surface area contributed by atoms with Gasteiger partial charge in [-0.15, -0.1) is 0 Å². The van der Waals surface area contributed by atoms with Crippen molar-refractivity contribution in [1.29, 1.82) is 0 Å². The zero-order valence-corrected chi connectivity index (χ0v) is 7.07. The van der Waals surface area contributed by atoms with E-state index in [9.17, 15) is 4.39 Å². The van der Waals surface area contributed by atoms with E-state index in [1.807, 2.05) is 4.90 Å². The summed E-state index contributed by atoms with van der Waals surface area (Å²) in [7, 11) is 0. The zero-order valence-electron chi connectivity index (χ0n) is 7.07. The molecule has 2 rings (SSSR count). The highest BCUT2D eigenvalue weighted by atomic mass is 19.1. The van der Waals surface area contributed by atoms with Crippen molar-refractivity contribution in [3.8, 4) is 0 Å². The van der Waals surface area contributed by atoms with Gasteiger partial charge in [0.05, 0.1) is 11.8 Å². The summed E-state index contributed by atoms with van der Waals surface area (Å²) in [6.45, 7) is 1.20. The van der Waals surface area contributed by atoms with Crippen LogP contribution in [0.5, 0.6) is 0 Å². The minimum Gasteiger partial charge on any atom is -0.396 e. The molecule has 1 heterocycles. The number of β-amino-alcohol motifs (C(OH)–C–C–N with tert-alkyl or cyclic N) is 1. The van der Waals surface area contributed by atoms with Crippen molar-refractivity contribution in [2.45, 2.75) is 6.10 Å². The Morgan fingerprint density at radius 3 is 2.69 bits per heavy atom. The molecule has 1 aromatic rings. The Morgan fingerprint density at radius 2 is 2.15 bits per heavy atom. The summed E-state index contributed by atoms with van der Waals surface area (Å²) in [4.78, 5) is 1.94. The molecule has 1 aromatic carbocycles. The first-order valence-corrected chi connectivity index (χ1v) is 4.15. The van der Waals surface area contributed by atoms with E-state index in [1.54, 1.807) is 12.1 Å². The van der Waals surface area contributed by atoms with Crippen molar-refractivity contribution in [2.24, 2.45) is 0 Å². The number of halogens is 1. The fourth-order valence-electron chi connectivity index (χ4n) is 1.39. The Labute approximate surface area is 75.6 Å². The van der Waals surface area contributed by atoms with E-state index in [0.717, 1.165) is 5.69 Å². The van der Waals surface area contributed by atoms with Gasteiger partial charge >= 0.3 is 0 Å². The Balaban J connectivity index is 2.18. The molecule has 0 unspecified atom stereocenters. The van der Waals surface area contributed by atoms with E-state index in [4.69, 9.17) is 10.8 Å². The highest BCUT2D eigenvalue weighted by Crippen LogP contribution is 2.24. The number of hydrogen-bond acceptors (Lipinski definition) is 3. The first-order valence-electron chi connectivity index (χ1n) is 4.15. The second-order valence-corrected chi connectivity index (χ2v) is 3.26. The zero-order chi connectivity index (χ0) is 9.42. The van der Waals surface area contributed by atoms with Crippen LogP contribution in [-0.2, 0) is 0 Å². The Bertz CT molecular complexity index is 323. The summed E-state index contributed by atoms with van der Waals surface area (Å²) in [6.07, 6.45) is -0.258. The van der Waals surface area contributed by atoms with Gasteiger partial charge in [0.1, 0.15) is 5.82 Å². The van der Waals surface area contributed by atoms with Crippen molar-refractivity contribution in [2.75, 3.05) is 23.7 Å². The average Bonchev–Trinajstić information content (AvgIpc) is 2.05. The van der Waals surface area contributed by atoms with Crippen LogP contribution in [0, 0.1) is 5.82 Å². The lowest BCUT2D eigenvalue weighted by molar-refractivity contribution is 0.142. The molecule has 3 nitrogen and oxygen atoms in total. The van der Waals surface area contributed by atoms with Crippen LogP contribution in [0.25, 0.3) is 0 Å². The SMILES string of the molecule is Nc1cc(N2CC(O)C2)ccc1F. The predicted octanol–water partition coefficient (Wildman–Crippen LogP) is 0.589. The molecule has 0 spiro atoms. The van der Waals surface area contributed by atoms with E-state index in [1.165, 1.54) is 6.07 Å². The van der Waals surface area contributed by atoms with Gasteiger partial charge in [0.15, 0.2) is 0 Å². The molecule has 70 valence electrons. The lowest BCUT2D eigenvalue weighted by atomic mass is 10.1. The second kappa shape index (κ2) is 2.88. The van der Waals surface area contributed by atoms with E-state index in [2.05, 4.69) is 0 Å². The summed E-state index contributed by atoms with van der Waals surface area (Å²) in [5, 5.41) is 9.06. The first-order chi connectivity index (χ1) is 6.16. The summed E-state index contributed by atoms with van der Waals surface area (Å²) >= 11 is 0. The topological polar surface area (TPSA) is 49.5 Å². The monoisotopic (exact) mass is 182 g/mol. The molecule has 0 aromatic heterocycles. The Kier molecular flexibility index (Phi) is 1.84. The Morgan fingerprint density at radius 1 is 1.46 bits per heavy atom. The van der Waals surface area contributed by atoms with Crippen molar-refractivity contribution in [3.05, 3.63) is 24.0 Å². The molecule has 0 atom stereocenters. The minimum atomic E-state index is -0.398. The van der Waals surface area contributed by atoms with Crippen LogP contribution in [0.3, 0.4) is 0 Å². The van der Waals surface area contributed by atoms with Gasteiger partial charge in [-0.1, -0.05) is 0 Å². The van der Waals surface area contributed by atoms with E-state index >= 15 is 0 Å². The number of anilines is 2. The lowest BCUT2D eigenvalue weighted by Crippen LogP contribution is -2.50. The molecular weight excluding hydrogens is 171 g/mol. The maximum atomic E-state index is 12.8. The fraction of sp³-hybridized carbons (Fsp3) is 0.333. The van der Waals surface area contributed by atoms with Crippen molar-refractivity contribution < 1.29 is 9.50 Å². The van der Waals surface area contributed by atoms with Gasteiger partial charge in [-0.25, -0.2) is 4.39 Å². The van der Waals surface area contributed by atoms with Gasteiger partial charge in [0, 0.05) is 18.8 Å². The third-order valence-electron chi connectivity index (χ3n) is 2.21. The first kappa shape index (κ1) is 8.31. The van der Waals surface area contributed by atoms with Crippen LogP contribution in [0.15, 0.2) is 18.2 Å². The molecule has 0 saturated carbocycles. The number of nitrogens with zero attached hydrogens (tertiary/aromatic N) is 1. The summed E-state index contributed by atoms with van der Waals surface area (Å²) in [5.41, 5.74) is 6.42. The third kappa shape index (κ3) is 1.45. The lowest BCUT2D eigenvalue weighted by Gasteiger charge is -2.37. The van der Waals surface area contributed by atoms with E-state index in [-0.39, 0.29) is 11.8 Å². The minimum absolute atomic E-state index is 0.152. The molecule has 1 aliphatic rings. The number of rotatable bonds is 1. The normalized spacial score (nSPS) is 17.2. The number of nitrogen functional groups attached to an aromatic ring is 1. The smallest absolute Gasteiger partial charge is 0.146 e. The number of nitrogens with two attached hydrogens (primary N) is 1. The Hall–Kier alpha value is -1.29. The molecule has 4 heteroatoms. The maximum absolute atomic E-state index is 12.8. The van der Waals surface area contributed by atoms with Crippen molar-refractivity contribution in [3.63, 3.8) is 0 Å². The summed E-state index contributed by atoms with van der Waals surface area (Å²) in [5.74, 6) is -0.398. The van der Waals surface area contributed by atoms with Crippen LogP contribution in [0.2, 0.25) is 0 Å². The largest absolute Gasteiger partial charge is 0.396 e. The van der Waals surface area contributed by atoms with Gasteiger partial charge in [0.25, 0.3) is 0 Å². The van der Waals surface area contributed by atoms with Gasteiger partial charge in [0.2, 0.25) is 0 Å². The van der Waals surface area contributed by atoms with Crippen LogP contribution in [-0.4, -0.2) is 24.3 Å². The van der Waals surface area contributed by atoms with Gasteiger partial charge in [-0.3, -0.25) is 0 Å². The molecule has 1 aliphatic heterocycles. The number of benzene rings is 1. The molecule has 0 bridgehead atoms. The third-order valence-corrected chi connectivity index (χ3v) is 2.21. The van der Waals surface area contributed by atoms with Crippen LogP contribution in [0.1, 0.15) is 0 Å². The average molecular weight is 182 g/mol. The van der Waals surface area contributed by atoms with Crippen LogP contribution >= 0.6 is 0 Å². The highest BCUT2D eigenvalue weighted by molar-refractivity contribution is 5.58. The molecule has 0 amide bonds. The predicted molar refractivity (Wildman–Crippen MR) is 49.0 cm³/mol. The van der Waals surface area contributed by atoms with E-state index < -0.39 is 5.82 Å². The number of hydrogen-bond donors (Lipinski definition) is 2. The molecule has 0 radical (unpaired) electrons. The highest BCUT2D eigenvalue weighted by Gasteiger charge is 2.24. The maximum Gasteiger partial charge on any atom is 0.146 e. The van der Waals surface area contributed by atoms with Crippen molar-refractivity contribution >= 4 is 11.4 Å². The molecule has 13 heavy (non-hydrogen) atoms. The number of aliphatic hydroxyl groups excluding tert-OH is 1.